The van der Waals surface area contributed by atoms with E-state index in [1.165, 1.54) is 23.3 Å². The van der Waals surface area contributed by atoms with Crippen LogP contribution in [-0.2, 0) is 12.8 Å². The highest BCUT2D eigenvalue weighted by molar-refractivity contribution is 7.16. The number of anilines is 1. The van der Waals surface area contributed by atoms with Crippen molar-refractivity contribution >= 4 is 45.7 Å². The normalized spacial score (nSPS) is 13.8. The van der Waals surface area contributed by atoms with Crippen molar-refractivity contribution in [2.45, 2.75) is 65.7 Å². The lowest BCUT2D eigenvalue weighted by molar-refractivity contribution is 0.102. The number of aliphatic imine (C=N–C) groups is 1. The molecule has 1 aliphatic rings. The Balaban J connectivity index is 1.73. The fraction of sp³-hybridized carbons (Fsp3) is 0.379. The summed E-state index contributed by atoms with van der Waals surface area (Å²) in [6.45, 7) is 6.75. The lowest BCUT2D eigenvalue weighted by Gasteiger charge is -2.13. The SMILES string of the molecule is CCCOc1ccc(Cl)cc1C=Nc1sc2c(c1C(=O)Nc1cc(C)ccc1C)CCCCCC2. The van der Waals surface area contributed by atoms with Gasteiger partial charge in [0, 0.05) is 27.4 Å². The zero-order chi connectivity index (χ0) is 24.8. The Morgan fingerprint density at radius 2 is 1.91 bits per heavy atom. The molecule has 0 unspecified atom stereocenters. The third-order valence-electron chi connectivity index (χ3n) is 6.28. The third kappa shape index (κ3) is 6.33. The summed E-state index contributed by atoms with van der Waals surface area (Å²) in [7, 11) is 0. The molecular formula is C29H33ClN2O2S. The maximum absolute atomic E-state index is 13.7. The minimum absolute atomic E-state index is 0.0857. The van der Waals surface area contributed by atoms with Gasteiger partial charge in [-0.3, -0.25) is 4.79 Å². The molecule has 6 heteroatoms. The van der Waals surface area contributed by atoms with Crippen LogP contribution in [-0.4, -0.2) is 18.7 Å². The fourth-order valence-electron chi connectivity index (χ4n) is 4.38. The molecule has 0 spiro atoms. The summed E-state index contributed by atoms with van der Waals surface area (Å²) in [5.74, 6) is 0.661. The van der Waals surface area contributed by atoms with Gasteiger partial charge in [0.25, 0.3) is 5.91 Å². The Morgan fingerprint density at radius 1 is 1.11 bits per heavy atom. The summed E-state index contributed by atoms with van der Waals surface area (Å²) in [6.07, 6.45) is 9.30. The second kappa shape index (κ2) is 11.9. The molecule has 2 aromatic carbocycles. The molecule has 3 aromatic rings. The summed E-state index contributed by atoms with van der Waals surface area (Å²) >= 11 is 7.92. The first-order chi connectivity index (χ1) is 17.0. The molecule has 0 saturated carbocycles. The molecule has 1 N–H and O–H groups in total. The van der Waals surface area contributed by atoms with E-state index in [2.05, 4.69) is 18.3 Å². The van der Waals surface area contributed by atoms with Crippen molar-refractivity contribution in [1.82, 2.24) is 0 Å². The van der Waals surface area contributed by atoms with Gasteiger partial charge in [-0.05, 0) is 86.9 Å². The van der Waals surface area contributed by atoms with Crippen LogP contribution in [0.2, 0.25) is 5.02 Å². The highest BCUT2D eigenvalue weighted by Gasteiger charge is 2.24. The highest BCUT2D eigenvalue weighted by Crippen LogP contribution is 2.39. The molecule has 0 atom stereocenters. The second-order valence-corrected chi connectivity index (χ2v) is 10.7. The van der Waals surface area contributed by atoms with Crippen molar-refractivity contribution in [2.24, 2.45) is 4.99 Å². The quantitative estimate of drug-likeness (QED) is 0.325. The minimum Gasteiger partial charge on any atom is -0.493 e. The molecule has 1 aromatic heterocycles. The number of ether oxygens (including phenoxy) is 1. The number of carbonyl (C=O) groups excluding carboxylic acids is 1. The van der Waals surface area contributed by atoms with Gasteiger partial charge < -0.3 is 10.1 Å². The van der Waals surface area contributed by atoms with E-state index in [1.807, 2.05) is 44.2 Å². The molecule has 0 radical (unpaired) electrons. The number of nitrogens with one attached hydrogen (secondary N) is 1. The van der Waals surface area contributed by atoms with E-state index in [0.717, 1.165) is 65.2 Å². The predicted molar refractivity (Wildman–Crippen MR) is 149 cm³/mol. The number of benzene rings is 2. The maximum Gasteiger partial charge on any atom is 0.259 e. The van der Waals surface area contributed by atoms with E-state index in [4.69, 9.17) is 21.3 Å². The lowest BCUT2D eigenvalue weighted by atomic mass is 9.96. The van der Waals surface area contributed by atoms with Crippen LogP contribution in [0.1, 0.15) is 76.5 Å². The minimum atomic E-state index is -0.0857. The van der Waals surface area contributed by atoms with Gasteiger partial charge >= 0.3 is 0 Å². The highest BCUT2D eigenvalue weighted by atomic mass is 35.5. The largest absolute Gasteiger partial charge is 0.493 e. The van der Waals surface area contributed by atoms with Crippen LogP contribution in [0.15, 0.2) is 41.4 Å². The van der Waals surface area contributed by atoms with Gasteiger partial charge in [-0.2, -0.15) is 0 Å². The molecule has 184 valence electrons. The standard InChI is InChI=1S/C29H33ClN2O2S/c1-4-15-34-25-14-13-22(30)17-21(25)18-31-29-27(23-9-7-5-6-8-10-26(23)35-29)28(33)32-24-16-19(2)11-12-20(24)3/h11-14,16-18H,4-10,15H2,1-3H3,(H,32,33). The number of thiophene rings is 1. The molecule has 4 rings (SSSR count). The van der Waals surface area contributed by atoms with Crippen molar-refractivity contribution in [1.29, 1.82) is 0 Å². The molecule has 0 aliphatic heterocycles. The van der Waals surface area contributed by atoms with E-state index >= 15 is 0 Å². The number of halogens is 1. The molecule has 0 bridgehead atoms. The van der Waals surface area contributed by atoms with E-state index in [0.29, 0.717) is 17.2 Å². The molecule has 1 aliphatic carbocycles. The lowest BCUT2D eigenvalue weighted by Crippen LogP contribution is -2.15. The number of hydrogen-bond donors (Lipinski definition) is 1. The van der Waals surface area contributed by atoms with Gasteiger partial charge in [0.15, 0.2) is 0 Å². The zero-order valence-electron chi connectivity index (χ0n) is 20.7. The molecule has 1 amide bonds. The molecule has 4 nitrogen and oxygen atoms in total. The molecular weight excluding hydrogens is 476 g/mol. The van der Waals surface area contributed by atoms with Gasteiger partial charge in [0.2, 0.25) is 0 Å². The van der Waals surface area contributed by atoms with Crippen molar-refractivity contribution in [3.05, 3.63) is 74.1 Å². The van der Waals surface area contributed by atoms with Gasteiger partial charge in [-0.15, -0.1) is 11.3 Å². The Labute approximate surface area is 217 Å². The molecule has 1 heterocycles. The molecule has 35 heavy (non-hydrogen) atoms. The van der Waals surface area contributed by atoms with Crippen LogP contribution in [0.3, 0.4) is 0 Å². The summed E-state index contributed by atoms with van der Waals surface area (Å²) in [5.41, 5.74) is 5.70. The third-order valence-corrected chi connectivity index (χ3v) is 7.71. The van der Waals surface area contributed by atoms with Crippen LogP contribution in [0.4, 0.5) is 10.7 Å². The van der Waals surface area contributed by atoms with Crippen molar-refractivity contribution in [2.75, 3.05) is 11.9 Å². The number of aryl methyl sites for hydroxylation is 3. The monoisotopic (exact) mass is 508 g/mol. The summed E-state index contributed by atoms with van der Waals surface area (Å²) in [6, 6.07) is 11.7. The number of hydrogen-bond acceptors (Lipinski definition) is 4. The van der Waals surface area contributed by atoms with Crippen LogP contribution in [0.25, 0.3) is 0 Å². The van der Waals surface area contributed by atoms with Crippen LogP contribution < -0.4 is 10.1 Å². The van der Waals surface area contributed by atoms with Crippen molar-refractivity contribution in [3.8, 4) is 5.75 Å². The average molecular weight is 509 g/mol. The smallest absolute Gasteiger partial charge is 0.259 e. The number of nitrogens with zero attached hydrogens (tertiary/aromatic N) is 1. The van der Waals surface area contributed by atoms with Crippen LogP contribution in [0.5, 0.6) is 5.75 Å². The number of carbonyl (C=O) groups is 1. The van der Waals surface area contributed by atoms with Gasteiger partial charge in [-0.1, -0.05) is 43.5 Å². The Bertz CT molecular complexity index is 1230. The number of amides is 1. The predicted octanol–water partition coefficient (Wildman–Crippen LogP) is 8.47. The summed E-state index contributed by atoms with van der Waals surface area (Å²) in [4.78, 5) is 19.8. The van der Waals surface area contributed by atoms with E-state index < -0.39 is 0 Å². The van der Waals surface area contributed by atoms with Gasteiger partial charge in [0.05, 0.1) is 12.2 Å². The van der Waals surface area contributed by atoms with Crippen LogP contribution >= 0.6 is 22.9 Å². The van der Waals surface area contributed by atoms with Crippen molar-refractivity contribution in [3.63, 3.8) is 0 Å². The number of rotatable bonds is 7. The first kappa shape index (κ1) is 25.5. The first-order valence-corrected chi connectivity index (χ1v) is 13.6. The Kier molecular flexibility index (Phi) is 8.64. The first-order valence-electron chi connectivity index (χ1n) is 12.5. The Morgan fingerprint density at radius 3 is 2.71 bits per heavy atom. The maximum atomic E-state index is 13.7. The second-order valence-electron chi connectivity index (χ2n) is 9.16. The van der Waals surface area contributed by atoms with Gasteiger partial charge in [0.1, 0.15) is 10.8 Å². The van der Waals surface area contributed by atoms with Crippen LogP contribution in [0, 0.1) is 13.8 Å². The van der Waals surface area contributed by atoms with Gasteiger partial charge in [-0.25, -0.2) is 4.99 Å². The fourth-order valence-corrected chi connectivity index (χ4v) is 5.79. The zero-order valence-corrected chi connectivity index (χ0v) is 22.3. The van der Waals surface area contributed by atoms with Crippen molar-refractivity contribution < 1.29 is 9.53 Å². The molecule has 0 saturated heterocycles. The summed E-state index contributed by atoms with van der Waals surface area (Å²) < 4.78 is 5.90. The average Bonchev–Trinajstić information content (AvgIpc) is 3.15. The van der Waals surface area contributed by atoms with E-state index in [9.17, 15) is 4.79 Å². The summed E-state index contributed by atoms with van der Waals surface area (Å²) in [5, 5.41) is 4.55. The number of fused-ring (bicyclic) bond motifs is 1. The van der Waals surface area contributed by atoms with E-state index in [1.54, 1.807) is 17.6 Å². The molecule has 0 fully saturated rings. The Hall–Kier alpha value is -2.63. The topological polar surface area (TPSA) is 50.7 Å². The van der Waals surface area contributed by atoms with E-state index in [-0.39, 0.29) is 5.91 Å².